The number of carbonyl (C=O) groups is 1. The number of aliphatic hydroxyl groups is 2. The fourth-order valence-electron chi connectivity index (χ4n) is 4.45. The van der Waals surface area contributed by atoms with Crippen molar-refractivity contribution in [1.29, 1.82) is 0 Å². The first-order chi connectivity index (χ1) is 15.0. The Morgan fingerprint density at radius 3 is 2.62 bits per heavy atom. The minimum atomic E-state index is -4.61. The Kier molecular flexibility index (Phi) is 9.16. The van der Waals surface area contributed by atoms with Crippen LogP contribution in [0.3, 0.4) is 0 Å². The van der Waals surface area contributed by atoms with Crippen LogP contribution in [0.25, 0.3) is 0 Å². The summed E-state index contributed by atoms with van der Waals surface area (Å²) in [5.41, 5.74) is -2.32. The Bertz CT molecular complexity index is 692. The van der Waals surface area contributed by atoms with Crippen molar-refractivity contribution < 1.29 is 42.0 Å². The summed E-state index contributed by atoms with van der Waals surface area (Å²) >= 11 is 0. The van der Waals surface area contributed by atoms with E-state index in [0.29, 0.717) is 25.7 Å². The van der Waals surface area contributed by atoms with Crippen LogP contribution in [-0.4, -0.2) is 54.0 Å². The summed E-state index contributed by atoms with van der Waals surface area (Å²) in [6.45, 7) is 2.76. The molecule has 9 heteroatoms. The minimum absolute atomic E-state index is 0.124. The number of unbranched alkanes of at least 4 members (excludes halogenated alkanes) is 2. The number of methoxy groups -OCH3 is 1. The highest BCUT2D eigenvalue weighted by atomic mass is 19.4. The van der Waals surface area contributed by atoms with Gasteiger partial charge < -0.3 is 19.7 Å². The molecule has 0 spiro atoms. The van der Waals surface area contributed by atoms with Gasteiger partial charge in [0.25, 0.3) is 0 Å². The number of allylic oxidation sites excluding steroid dienone is 2. The van der Waals surface area contributed by atoms with Crippen LogP contribution in [0.1, 0.15) is 58.8 Å². The summed E-state index contributed by atoms with van der Waals surface area (Å²) in [5, 5.41) is 20.7. The van der Waals surface area contributed by atoms with Gasteiger partial charge in [-0.2, -0.15) is 13.2 Å². The van der Waals surface area contributed by atoms with E-state index in [-0.39, 0.29) is 31.0 Å². The third-order valence-corrected chi connectivity index (χ3v) is 6.71. The molecule has 184 valence electrons. The van der Waals surface area contributed by atoms with E-state index in [2.05, 4.69) is 4.74 Å². The van der Waals surface area contributed by atoms with Crippen molar-refractivity contribution in [2.75, 3.05) is 7.11 Å². The van der Waals surface area contributed by atoms with Gasteiger partial charge in [0.2, 0.25) is 0 Å². The van der Waals surface area contributed by atoms with Gasteiger partial charge in [-0.3, -0.25) is 4.79 Å². The molecule has 32 heavy (non-hydrogen) atoms. The maximum Gasteiger partial charge on any atom is 0.397 e. The molecular formula is C23H34F4O5. The number of rotatable bonds is 10. The van der Waals surface area contributed by atoms with E-state index in [1.54, 1.807) is 13.0 Å². The fraction of sp³-hybridized carbons (Fsp3) is 0.783. The Morgan fingerprint density at radius 1 is 1.34 bits per heavy atom. The van der Waals surface area contributed by atoms with Gasteiger partial charge in [-0.05, 0) is 32.3 Å². The van der Waals surface area contributed by atoms with Gasteiger partial charge in [0, 0.05) is 24.7 Å². The summed E-state index contributed by atoms with van der Waals surface area (Å²) in [6.07, 6.45) is -3.71. The molecule has 0 aromatic heterocycles. The highest BCUT2D eigenvalue weighted by molar-refractivity contribution is 5.69. The molecule has 0 bridgehead atoms. The molecule has 2 fully saturated rings. The van der Waals surface area contributed by atoms with E-state index < -0.39 is 47.9 Å². The molecule has 1 saturated heterocycles. The molecule has 0 amide bonds. The zero-order valence-corrected chi connectivity index (χ0v) is 18.8. The Balaban J connectivity index is 2.08. The number of hydrogen-bond acceptors (Lipinski definition) is 5. The van der Waals surface area contributed by atoms with Crippen molar-refractivity contribution in [2.24, 2.45) is 17.3 Å². The zero-order chi connectivity index (χ0) is 24.1. The van der Waals surface area contributed by atoms with E-state index in [9.17, 15) is 28.2 Å². The molecule has 1 heterocycles. The molecule has 1 aliphatic carbocycles. The van der Waals surface area contributed by atoms with Gasteiger partial charge in [-0.25, -0.2) is 4.39 Å². The Labute approximate surface area is 186 Å². The second-order valence-corrected chi connectivity index (χ2v) is 8.94. The van der Waals surface area contributed by atoms with E-state index in [0.717, 1.165) is 13.0 Å². The van der Waals surface area contributed by atoms with Crippen molar-refractivity contribution >= 4 is 5.97 Å². The van der Waals surface area contributed by atoms with Crippen LogP contribution in [0.2, 0.25) is 0 Å². The van der Waals surface area contributed by atoms with Gasteiger partial charge >= 0.3 is 12.1 Å². The van der Waals surface area contributed by atoms with Crippen LogP contribution in [0.15, 0.2) is 24.0 Å². The maximum absolute atomic E-state index is 15.1. The third-order valence-electron chi connectivity index (χ3n) is 6.71. The average Bonchev–Trinajstić information content (AvgIpc) is 3.20. The van der Waals surface area contributed by atoms with Gasteiger partial charge in [-0.1, -0.05) is 31.9 Å². The lowest BCUT2D eigenvalue weighted by Gasteiger charge is -2.35. The molecule has 2 unspecified atom stereocenters. The number of aliphatic hydroxyl groups excluding tert-OH is 2. The number of carbonyl (C=O) groups excluding carboxylic acids is 1. The van der Waals surface area contributed by atoms with Crippen LogP contribution in [0.5, 0.6) is 0 Å². The number of fused-ring (bicyclic) bond motifs is 1. The predicted molar refractivity (Wildman–Crippen MR) is 110 cm³/mol. The first kappa shape index (κ1) is 26.6. The van der Waals surface area contributed by atoms with Crippen molar-refractivity contribution in [3.63, 3.8) is 0 Å². The molecule has 0 aromatic rings. The molecule has 1 saturated carbocycles. The summed E-state index contributed by atoms with van der Waals surface area (Å²) in [4.78, 5) is 11.2. The molecule has 5 nitrogen and oxygen atoms in total. The lowest BCUT2D eigenvalue weighted by Crippen LogP contribution is -2.44. The molecule has 7 atom stereocenters. The average molecular weight is 467 g/mol. The second kappa shape index (κ2) is 11.0. The summed E-state index contributed by atoms with van der Waals surface area (Å²) in [7, 11) is 1.29. The van der Waals surface area contributed by atoms with Crippen molar-refractivity contribution in [2.45, 2.75) is 89.5 Å². The first-order valence-corrected chi connectivity index (χ1v) is 11.1. The number of esters is 1. The van der Waals surface area contributed by atoms with Gasteiger partial charge in [0.15, 0.2) is 6.17 Å². The number of ether oxygens (including phenoxy) is 2. The number of alkyl halides is 4. The molecular weight excluding hydrogens is 432 g/mol. The number of hydrogen-bond donors (Lipinski definition) is 2. The van der Waals surface area contributed by atoms with Crippen LogP contribution < -0.4 is 0 Å². The predicted octanol–water partition coefficient (Wildman–Crippen LogP) is 4.62. The SMILES string of the molecule is CCCCC(C)([C@H](O)/C=C/[C@@H]1[C@H]2C(F)/C(=C/CCCC(=O)OC)O[C@@H]2C[C@H]1O)C(F)(F)F. The molecule has 2 rings (SSSR count). The van der Waals surface area contributed by atoms with Gasteiger partial charge in [0.05, 0.1) is 24.7 Å². The minimum Gasteiger partial charge on any atom is -0.491 e. The summed E-state index contributed by atoms with van der Waals surface area (Å²) in [5.74, 6) is -1.75. The quantitative estimate of drug-likeness (QED) is 0.213. The lowest BCUT2D eigenvalue weighted by atomic mass is 9.77. The topological polar surface area (TPSA) is 76.0 Å². The highest BCUT2D eigenvalue weighted by Gasteiger charge is 2.56. The highest BCUT2D eigenvalue weighted by Crippen LogP contribution is 2.48. The van der Waals surface area contributed by atoms with Gasteiger partial charge in [0.1, 0.15) is 11.9 Å². The van der Waals surface area contributed by atoms with E-state index in [4.69, 9.17) is 4.74 Å². The molecule has 2 aliphatic rings. The first-order valence-electron chi connectivity index (χ1n) is 11.1. The molecule has 1 aliphatic heterocycles. The van der Waals surface area contributed by atoms with Crippen molar-refractivity contribution in [1.82, 2.24) is 0 Å². The van der Waals surface area contributed by atoms with Crippen LogP contribution in [0.4, 0.5) is 17.6 Å². The van der Waals surface area contributed by atoms with E-state index in [1.165, 1.54) is 13.2 Å². The normalized spacial score (nSPS) is 32.0. The van der Waals surface area contributed by atoms with Crippen molar-refractivity contribution in [3.8, 4) is 0 Å². The van der Waals surface area contributed by atoms with Crippen LogP contribution in [0, 0.1) is 17.3 Å². The number of halogens is 4. The van der Waals surface area contributed by atoms with Crippen LogP contribution in [-0.2, 0) is 14.3 Å². The van der Waals surface area contributed by atoms with Crippen LogP contribution >= 0.6 is 0 Å². The molecule has 0 radical (unpaired) electrons. The Hall–Kier alpha value is -1.61. The largest absolute Gasteiger partial charge is 0.491 e. The zero-order valence-electron chi connectivity index (χ0n) is 18.8. The van der Waals surface area contributed by atoms with Gasteiger partial charge in [-0.15, -0.1) is 0 Å². The molecule has 0 aromatic carbocycles. The Morgan fingerprint density at radius 2 is 2.03 bits per heavy atom. The smallest absolute Gasteiger partial charge is 0.397 e. The standard InChI is InChI=1S/C23H34F4O5/c1-4-5-12-22(2,23(25,26)27)18(29)11-10-14-15(28)13-17-20(14)21(24)16(32-17)8-6-7-9-19(30)31-3/h8,10-11,14-15,17-18,20-21,28-29H,4-7,9,12-13H2,1-3H3/b11-10+,16-8-/t14-,15+,17+,18+,20+,21?,22?/m0/s1. The summed E-state index contributed by atoms with van der Waals surface area (Å²) < 4.78 is 66.2. The second-order valence-electron chi connectivity index (χ2n) is 8.94. The summed E-state index contributed by atoms with van der Waals surface area (Å²) in [6, 6.07) is 0. The molecule has 2 N–H and O–H groups in total. The fourth-order valence-corrected chi connectivity index (χ4v) is 4.45. The lowest BCUT2D eigenvalue weighted by molar-refractivity contribution is -0.244. The maximum atomic E-state index is 15.1. The van der Waals surface area contributed by atoms with Crippen molar-refractivity contribution in [3.05, 3.63) is 24.0 Å². The van der Waals surface area contributed by atoms with E-state index >= 15 is 4.39 Å². The third kappa shape index (κ3) is 5.84. The van der Waals surface area contributed by atoms with E-state index in [1.807, 2.05) is 0 Å². The monoisotopic (exact) mass is 466 g/mol.